The summed E-state index contributed by atoms with van der Waals surface area (Å²) in [6, 6.07) is 5.56. The molecule has 0 fully saturated rings. The maximum atomic E-state index is 13.2. The summed E-state index contributed by atoms with van der Waals surface area (Å²) in [5.41, 5.74) is 10.5. The third-order valence-electron chi connectivity index (χ3n) is 5.55. The topological polar surface area (TPSA) is 89.1 Å². The Balaban J connectivity index is 1.70. The molecule has 0 unspecified atom stereocenters. The number of aryl methyl sites for hydroxylation is 1. The lowest BCUT2D eigenvalue weighted by Crippen LogP contribution is -2.39. The molecule has 0 saturated carbocycles. The van der Waals surface area contributed by atoms with Gasteiger partial charge in [0.25, 0.3) is 0 Å². The molecule has 0 radical (unpaired) electrons. The first-order valence-electron chi connectivity index (χ1n) is 10.8. The largest absolute Gasteiger partial charge is 0.382 e. The van der Waals surface area contributed by atoms with Crippen LogP contribution in [0.25, 0.3) is 11.0 Å². The molecule has 0 saturated heterocycles. The number of rotatable bonds is 5. The van der Waals surface area contributed by atoms with Gasteiger partial charge in [0.1, 0.15) is 17.2 Å². The zero-order chi connectivity index (χ0) is 22.1. The number of nitrogens with zero attached hydrogens (tertiary/aromatic N) is 4. The third kappa shape index (κ3) is 4.19. The zero-order valence-electron chi connectivity index (χ0n) is 18.3. The molecule has 2 amide bonds. The van der Waals surface area contributed by atoms with Crippen molar-refractivity contribution < 1.29 is 9.18 Å². The Bertz CT molecular complexity index is 1110. The van der Waals surface area contributed by atoms with Crippen LogP contribution in [-0.4, -0.2) is 32.0 Å². The monoisotopic (exact) mass is 424 g/mol. The summed E-state index contributed by atoms with van der Waals surface area (Å²) in [4.78, 5) is 24.1. The minimum Gasteiger partial charge on any atom is -0.382 e. The number of halogens is 1. The third-order valence-corrected chi connectivity index (χ3v) is 5.55. The summed E-state index contributed by atoms with van der Waals surface area (Å²) in [5, 5.41) is 2.85. The molecule has 3 N–H and O–H groups in total. The van der Waals surface area contributed by atoms with Gasteiger partial charge in [0, 0.05) is 37.2 Å². The number of pyridine rings is 1. The minimum atomic E-state index is -0.336. The van der Waals surface area contributed by atoms with Crippen LogP contribution in [0.5, 0.6) is 0 Å². The molecule has 3 aromatic rings. The molecule has 0 aliphatic carbocycles. The van der Waals surface area contributed by atoms with Crippen molar-refractivity contribution in [3.8, 4) is 0 Å². The smallest absolute Gasteiger partial charge is 0.322 e. The van der Waals surface area contributed by atoms with Crippen LogP contribution in [-0.2, 0) is 25.9 Å². The number of nitrogens with two attached hydrogens (primary N) is 1. The second-order valence-electron chi connectivity index (χ2n) is 8.51. The van der Waals surface area contributed by atoms with Gasteiger partial charge in [-0.05, 0) is 36.6 Å². The lowest BCUT2D eigenvalue weighted by molar-refractivity contribution is 0.206. The number of hydrogen-bond donors (Lipinski definition) is 2. The van der Waals surface area contributed by atoms with Gasteiger partial charge in [-0.2, -0.15) is 0 Å². The van der Waals surface area contributed by atoms with Crippen molar-refractivity contribution in [1.82, 2.24) is 19.4 Å². The lowest BCUT2D eigenvalue weighted by atomic mass is 10.0. The van der Waals surface area contributed by atoms with Gasteiger partial charge >= 0.3 is 6.03 Å². The van der Waals surface area contributed by atoms with Crippen LogP contribution >= 0.6 is 0 Å². The Morgan fingerprint density at radius 2 is 2.00 bits per heavy atom. The number of carbonyl (C=O) groups excluding carboxylic acids is 1. The predicted molar refractivity (Wildman–Crippen MR) is 120 cm³/mol. The molecule has 164 valence electrons. The van der Waals surface area contributed by atoms with E-state index in [4.69, 9.17) is 10.7 Å². The van der Waals surface area contributed by atoms with E-state index in [0.29, 0.717) is 36.9 Å². The maximum absolute atomic E-state index is 13.2. The lowest BCUT2D eigenvalue weighted by Gasteiger charge is -2.29. The number of urea groups is 1. The number of amides is 2. The Kier molecular flexibility index (Phi) is 5.80. The van der Waals surface area contributed by atoms with Crippen LogP contribution in [0.2, 0.25) is 0 Å². The van der Waals surface area contributed by atoms with Crippen molar-refractivity contribution in [2.75, 3.05) is 17.6 Å². The Hall–Kier alpha value is -3.16. The first-order valence-corrected chi connectivity index (χ1v) is 10.8. The molecule has 1 aromatic carbocycles. The summed E-state index contributed by atoms with van der Waals surface area (Å²) in [7, 11) is 0. The van der Waals surface area contributed by atoms with Crippen LogP contribution in [0.15, 0.2) is 24.3 Å². The van der Waals surface area contributed by atoms with E-state index in [1.807, 2.05) is 0 Å². The number of carbonyl (C=O) groups is 1. The van der Waals surface area contributed by atoms with Crippen LogP contribution < -0.4 is 11.1 Å². The molecule has 31 heavy (non-hydrogen) atoms. The van der Waals surface area contributed by atoms with E-state index in [9.17, 15) is 9.18 Å². The summed E-state index contributed by atoms with van der Waals surface area (Å²) < 4.78 is 15.4. The number of imidazole rings is 1. The van der Waals surface area contributed by atoms with Crippen molar-refractivity contribution in [3.05, 3.63) is 47.2 Å². The van der Waals surface area contributed by atoms with Gasteiger partial charge in [0.05, 0.1) is 17.8 Å². The highest BCUT2D eigenvalue weighted by Gasteiger charge is 2.28. The summed E-state index contributed by atoms with van der Waals surface area (Å²) in [6.07, 6.45) is 2.48. The Morgan fingerprint density at radius 1 is 1.26 bits per heavy atom. The quantitative estimate of drug-likeness (QED) is 0.637. The summed E-state index contributed by atoms with van der Waals surface area (Å²) >= 11 is 0. The molecule has 4 rings (SSSR count). The Morgan fingerprint density at radius 3 is 2.68 bits per heavy atom. The van der Waals surface area contributed by atoms with Crippen LogP contribution in [0.3, 0.4) is 0 Å². The van der Waals surface area contributed by atoms with E-state index < -0.39 is 0 Å². The van der Waals surface area contributed by atoms with Gasteiger partial charge in [0.2, 0.25) is 0 Å². The number of anilines is 2. The number of hydrogen-bond acceptors (Lipinski definition) is 4. The molecule has 1 aliphatic rings. The molecule has 8 heteroatoms. The zero-order valence-corrected chi connectivity index (χ0v) is 18.3. The molecular formula is C23H29FN6O. The average Bonchev–Trinajstić information content (AvgIpc) is 3.08. The number of nitrogen functional groups attached to an aromatic ring is 1. The number of benzene rings is 1. The van der Waals surface area contributed by atoms with Crippen molar-refractivity contribution in [2.24, 2.45) is 5.92 Å². The number of aromatic nitrogens is 3. The molecule has 0 bridgehead atoms. The fraction of sp³-hybridized carbons (Fsp3) is 0.435. The minimum absolute atomic E-state index is 0.217. The van der Waals surface area contributed by atoms with Crippen LogP contribution in [0, 0.1) is 11.7 Å². The maximum Gasteiger partial charge on any atom is 0.322 e. The van der Waals surface area contributed by atoms with Gasteiger partial charge in [-0.1, -0.05) is 20.8 Å². The molecular weight excluding hydrogens is 395 g/mol. The van der Waals surface area contributed by atoms with Crippen LogP contribution in [0.4, 0.5) is 20.7 Å². The molecule has 0 atom stereocenters. The second kappa shape index (κ2) is 8.53. The van der Waals surface area contributed by atoms with E-state index in [1.54, 1.807) is 17.0 Å². The van der Waals surface area contributed by atoms with E-state index in [1.165, 1.54) is 12.1 Å². The van der Waals surface area contributed by atoms with Crippen molar-refractivity contribution in [1.29, 1.82) is 0 Å². The SMILES string of the molecule is CCCc1nc2c(N)nc3c(c2n1CC(C)C)CN(C(=O)Nc1ccc(F)cc1)CC3. The predicted octanol–water partition coefficient (Wildman–Crippen LogP) is 4.35. The average molecular weight is 425 g/mol. The van der Waals surface area contributed by atoms with Crippen LogP contribution in [0.1, 0.15) is 44.3 Å². The van der Waals surface area contributed by atoms with Crippen molar-refractivity contribution in [3.63, 3.8) is 0 Å². The van der Waals surface area contributed by atoms with Gasteiger partial charge in [0.15, 0.2) is 5.82 Å². The van der Waals surface area contributed by atoms with Gasteiger partial charge in [-0.3, -0.25) is 0 Å². The van der Waals surface area contributed by atoms with Gasteiger partial charge in [-0.15, -0.1) is 0 Å². The number of fused-ring (bicyclic) bond motifs is 3. The van der Waals surface area contributed by atoms with E-state index in [-0.39, 0.29) is 11.8 Å². The molecule has 3 heterocycles. The summed E-state index contributed by atoms with van der Waals surface area (Å²) in [6.45, 7) is 8.31. The highest BCUT2D eigenvalue weighted by Crippen LogP contribution is 2.31. The fourth-order valence-corrected chi connectivity index (χ4v) is 4.16. The van der Waals surface area contributed by atoms with Gasteiger partial charge in [-0.25, -0.2) is 19.2 Å². The van der Waals surface area contributed by atoms with Crippen molar-refractivity contribution >= 4 is 28.6 Å². The standard InChI is InChI=1S/C23H29FN6O/c1-4-5-19-28-20-21(30(19)12-14(2)3)17-13-29(11-10-18(17)27-22(20)25)23(31)26-16-8-6-15(24)7-9-16/h6-9,14H,4-5,10-13H2,1-3H3,(H2,25,27)(H,26,31). The second-order valence-corrected chi connectivity index (χ2v) is 8.51. The molecule has 1 aliphatic heterocycles. The van der Waals surface area contributed by atoms with E-state index in [2.05, 4.69) is 35.6 Å². The molecule has 7 nitrogen and oxygen atoms in total. The Labute approximate surface area is 181 Å². The van der Waals surface area contributed by atoms with Gasteiger partial charge < -0.3 is 20.5 Å². The van der Waals surface area contributed by atoms with E-state index in [0.717, 1.165) is 47.5 Å². The first-order chi connectivity index (χ1) is 14.9. The molecule has 2 aromatic heterocycles. The normalized spacial score (nSPS) is 13.6. The highest BCUT2D eigenvalue weighted by atomic mass is 19.1. The van der Waals surface area contributed by atoms with E-state index >= 15 is 0 Å². The molecule has 0 spiro atoms. The van der Waals surface area contributed by atoms with Crippen molar-refractivity contribution in [2.45, 2.75) is 53.1 Å². The summed E-state index contributed by atoms with van der Waals surface area (Å²) in [5.74, 6) is 1.58. The number of nitrogens with one attached hydrogen (secondary N) is 1. The first kappa shape index (κ1) is 21.1. The fourth-order valence-electron chi connectivity index (χ4n) is 4.16. The highest BCUT2D eigenvalue weighted by molar-refractivity contribution is 5.92.